The Morgan fingerprint density at radius 2 is 1.74 bits per heavy atom. The maximum Gasteiger partial charge on any atom is 0.161 e. The van der Waals surface area contributed by atoms with Crippen molar-refractivity contribution in [2.24, 2.45) is 5.92 Å². The first kappa shape index (κ1) is 14.2. The molecule has 0 amide bonds. The molecule has 1 aliphatic rings. The molecule has 3 nitrogen and oxygen atoms in total. The maximum atomic E-state index is 5.63. The number of hydrogen-bond acceptors (Lipinski definition) is 3. The van der Waals surface area contributed by atoms with E-state index in [1.807, 2.05) is 6.07 Å². The van der Waals surface area contributed by atoms with Gasteiger partial charge in [-0.1, -0.05) is 19.9 Å². The summed E-state index contributed by atoms with van der Waals surface area (Å²) in [5, 5.41) is 3.64. The molecule has 2 unspecified atom stereocenters. The van der Waals surface area contributed by atoms with Crippen LogP contribution in [-0.2, 0) is 0 Å². The van der Waals surface area contributed by atoms with Crippen LogP contribution in [0.4, 0.5) is 0 Å². The Balaban J connectivity index is 2.00. The van der Waals surface area contributed by atoms with E-state index in [1.165, 1.54) is 12.0 Å². The van der Waals surface area contributed by atoms with E-state index in [0.29, 0.717) is 25.3 Å². The van der Waals surface area contributed by atoms with Crippen LogP contribution in [0.2, 0.25) is 0 Å². The molecule has 0 aromatic heterocycles. The van der Waals surface area contributed by atoms with Gasteiger partial charge < -0.3 is 14.8 Å². The van der Waals surface area contributed by atoms with Gasteiger partial charge in [-0.3, -0.25) is 0 Å². The van der Waals surface area contributed by atoms with Crippen molar-refractivity contribution in [2.75, 3.05) is 13.2 Å². The molecule has 0 aliphatic carbocycles. The molecule has 2 rings (SSSR count). The van der Waals surface area contributed by atoms with Crippen molar-refractivity contribution in [2.45, 2.75) is 46.2 Å². The van der Waals surface area contributed by atoms with Crippen LogP contribution in [0.5, 0.6) is 11.5 Å². The van der Waals surface area contributed by atoms with Gasteiger partial charge in [0.05, 0.1) is 0 Å². The van der Waals surface area contributed by atoms with E-state index in [-0.39, 0.29) is 0 Å². The minimum atomic E-state index is 0.324. The third-order valence-electron chi connectivity index (χ3n) is 3.43. The molecule has 1 N–H and O–H groups in total. The van der Waals surface area contributed by atoms with Crippen LogP contribution >= 0.6 is 0 Å². The highest BCUT2D eigenvalue weighted by atomic mass is 16.6. The van der Waals surface area contributed by atoms with Crippen LogP contribution in [0.15, 0.2) is 18.2 Å². The first-order valence-corrected chi connectivity index (χ1v) is 7.22. The maximum absolute atomic E-state index is 5.63. The molecule has 0 radical (unpaired) electrons. The van der Waals surface area contributed by atoms with Crippen LogP contribution in [-0.4, -0.2) is 19.3 Å². The lowest BCUT2D eigenvalue weighted by Gasteiger charge is -2.24. The van der Waals surface area contributed by atoms with Crippen molar-refractivity contribution in [1.82, 2.24) is 5.32 Å². The zero-order valence-corrected chi connectivity index (χ0v) is 12.4. The normalized spacial score (nSPS) is 17.3. The van der Waals surface area contributed by atoms with E-state index in [4.69, 9.17) is 9.47 Å². The first-order chi connectivity index (χ1) is 9.06. The second kappa shape index (κ2) is 6.29. The summed E-state index contributed by atoms with van der Waals surface area (Å²) in [6.45, 7) is 10.2. The largest absolute Gasteiger partial charge is 0.486 e. The average Bonchev–Trinajstić information content (AvgIpc) is 2.37. The standard InChI is InChI=1S/C16H25NO2/c1-11(2)9-12(3)17-13(4)14-5-6-15-16(10-14)19-8-7-18-15/h5-6,10-13,17H,7-9H2,1-4H3. The quantitative estimate of drug-likeness (QED) is 0.881. The number of rotatable bonds is 5. The van der Waals surface area contributed by atoms with Gasteiger partial charge in [-0.2, -0.15) is 0 Å². The lowest BCUT2D eigenvalue weighted by atomic mass is 10.0. The average molecular weight is 263 g/mol. The van der Waals surface area contributed by atoms with Gasteiger partial charge >= 0.3 is 0 Å². The summed E-state index contributed by atoms with van der Waals surface area (Å²) in [5.41, 5.74) is 1.25. The zero-order chi connectivity index (χ0) is 13.8. The highest BCUT2D eigenvalue weighted by Crippen LogP contribution is 2.32. The molecule has 1 aromatic rings. The zero-order valence-electron chi connectivity index (χ0n) is 12.4. The predicted octanol–water partition coefficient (Wildman–Crippen LogP) is 3.54. The van der Waals surface area contributed by atoms with Crippen LogP contribution in [0.1, 0.15) is 45.7 Å². The Labute approximate surface area is 116 Å². The van der Waals surface area contributed by atoms with Crippen molar-refractivity contribution in [3.05, 3.63) is 23.8 Å². The second-order valence-corrected chi connectivity index (χ2v) is 5.82. The molecule has 0 bridgehead atoms. The van der Waals surface area contributed by atoms with E-state index in [0.717, 1.165) is 17.4 Å². The minimum absolute atomic E-state index is 0.324. The van der Waals surface area contributed by atoms with Gasteiger partial charge in [-0.25, -0.2) is 0 Å². The number of benzene rings is 1. The predicted molar refractivity (Wildman–Crippen MR) is 77.9 cm³/mol. The summed E-state index contributed by atoms with van der Waals surface area (Å²) in [6.07, 6.45) is 1.19. The molecular formula is C16H25NO2. The molecule has 0 fully saturated rings. The monoisotopic (exact) mass is 263 g/mol. The van der Waals surface area contributed by atoms with Crippen LogP contribution in [0, 0.1) is 5.92 Å². The molecule has 1 aromatic carbocycles. The van der Waals surface area contributed by atoms with Crippen molar-refractivity contribution >= 4 is 0 Å². The molecule has 2 atom stereocenters. The van der Waals surface area contributed by atoms with E-state index in [1.54, 1.807) is 0 Å². The Hall–Kier alpha value is -1.22. The third kappa shape index (κ3) is 3.87. The fourth-order valence-electron chi connectivity index (χ4n) is 2.63. The van der Waals surface area contributed by atoms with E-state index in [2.05, 4.69) is 45.1 Å². The molecule has 1 aliphatic heterocycles. The fraction of sp³-hybridized carbons (Fsp3) is 0.625. The smallest absolute Gasteiger partial charge is 0.161 e. The molecule has 1 heterocycles. The second-order valence-electron chi connectivity index (χ2n) is 5.82. The minimum Gasteiger partial charge on any atom is -0.486 e. The van der Waals surface area contributed by atoms with Crippen molar-refractivity contribution in [1.29, 1.82) is 0 Å². The van der Waals surface area contributed by atoms with E-state index >= 15 is 0 Å². The molecule has 106 valence electrons. The van der Waals surface area contributed by atoms with Crippen molar-refractivity contribution in [3.63, 3.8) is 0 Å². The van der Waals surface area contributed by atoms with E-state index < -0.39 is 0 Å². The lowest BCUT2D eigenvalue weighted by molar-refractivity contribution is 0.171. The van der Waals surface area contributed by atoms with Gasteiger partial charge in [-0.15, -0.1) is 0 Å². The van der Waals surface area contributed by atoms with Crippen LogP contribution in [0.3, 0.4) is 0 Å². The lowest BCUT2D eigenvalue weighted by Crippen LogP contribution is -2.30. The summed E-state index contributed by atoms with van der Waals surface area (Å²) < 4.78 is 11.2. The molecule has 3 heteroatoms. The molecular weight excluding hydrogens is 238 g/mol. The molecule has 19 heavy (non-hydrogen) atoms. The summed E-state index contributed by atoms with van der Waals surface area (Å²) in [5.74, 6) is 2.45. The van der Waals surface area contributed by atoms with Crippen LogP contribution < -0.4 is 14.8 Å². The summed E-state index contributed by atoms with van der Waals surface area (Å²) in [4.78, 5) is 0. The van der Waals surface area contributed by atoms with Crippen molar-refractivity contribution in [3.8, 4) is 11.5 Å². The Bertz CT molecular complexity index is 417. The van der Waals surface area contributed by atoms with Crippen molar-refractivity contribution < 1.29 is 9.47 Å². The van der Waals surface area contributed by atoms with Gasteiger partial charge in [0.2, 0.25) is 0 Å². The van der Waals surface area contributed by atoms with Gasteiger partial charge in [0.1, 0.15) is 13.2 Å². The Kier molecular flexibility index (Phi) is 4.70. The highest BCUT2D eigenvalue weighted by Gasteiger charge is 2.15. The summed E-state index contributed by atoms with van der Waals surface area (Å²) in [6, 6.07) is 7.06. The number of ether oxygens (including phenoxy) is 2. The summed E-state index contributed by atoms with van der Waals surface area (Å²) >= 11 is 0. The van der Waals surface area contributed by atoms with Crippen LogP contribution in [0.25, 0.3) is 0 Å². The number of hydrogen-bond donors (Lipinski definition) is 1. The Morgan fingerprint density at radius 1 is 1.05 bits per heavy atom. The van der Waals surface area contributed by atoms with E-state index in [9.17, 15) is 0 Å². The van der Waals surface area contributed by atoms with Gasteiger partial charge in [0.15, 0.2) is 11.5 Å². The Morgan fingerprint density at radius 3 is 2.42 bits per heavy atom. The topological polar surface area (TPSA) is 30.5 Å². The highest BCUT2D eigenvalue weighted by molar-refractivity contribution is 5.44. The molecule has 0 saturated heterocycles. The molecule has 0 spiro atoms. The van der Waals surface area contributed by atoms with Gasteiger partial charge in [-0.05, 0) is 43.9 Å². The SMILES string of the molecule is CC(C)CC(C)NC(C)c1ccc2c(c1)OCCO2. The molecule has 0 saturated carbocycles. The summed E-state index contributed by atoms with van der Waals surface area (Å²) in [7, 11) is 0. The first-order valence-electron chi connectivity index (χ1n) is 7.22. The number of fused-ring (bicyclic) bond motifs is 1. The third-order valence-corrected chi connectivity index (χ3v) is 3.43. The fourth-order valence-corrected chi connectivity index (χ4v) is 2.63. The van der Waals surface area contributed by atoms with Gasteiger partial charge in [0, 0.05) is 12.1 Å². The van der Waals surface area contributed by atoms with Gasteiger partial charge in [0.25, 0.3) is 0 Å². The number of nitrogens with one attached hydrogen (secondary N) is 1.